The van der Waals surface area contributed by atoms with Crippen LogP contribution in [0.4, 0.5) is 0 Å². The third-order valence-electron chi connectivity index (χ3n) is 5.26. The molecule has 0 radical (unpaired) electrons. The fourth-order valence-electron chi connectivity index (χ4n) is 3.72. The van der Waals surface area contributed by atoms with Gasteiger partial charge in [-0.05, 0) is 42.8 Å². The van der Waals surface area contributed by atoms with E-state index in [0.29, 0.717) is 18.9 Å². The van der Waals surface area contributed by atoms with Crippen LogP contribution in [0.3, 0.4) is 0 Å². The number of likely N-dealkylation sites (tertiary alicyclic amines) is 1. The van der Waals surface area contributed by atoms with E-state index < -0.39 is 0 Å². The molecular formula is C23H26N4O3. The number of H-pyrrole nitrogens is 1. The minimum Gasteiger partial charge on any atom is -0.491 e. The molecule has 0 amide bonds. The Morgan fingerprint density at radius 1 is 1.20 bits per heavy atom. The van der Waals surface area contributed by atoms with Crippen LogP contribution in [0.25, 0.3) is 11.3 Å². The van der Waals surface area contributed by atoms with E-state index in [4.69, 9.17) is 14.5 Å². The average molecular weight is 406 g/mol. The standard InChI is InChI=1S/C23H26N4O3/c1-29-11-12-30-20-6-4-17(5-7-20)15-27-10-8-19(16-27)23-25-21(13-22(28)26-23)18-3-2-9-24-14-18/h2-7,9,13-14,19H,8,10-12,15-16H2,1H3,(H,25,26,28)/t19-/m0/s1. The first kappa shape index (κ1) is 20.3. The number of aromatic nitrogens is 3. The largest absolute Gasteiger partial charge is 0.491 e. The van der Waals surface area contributed by atoms with E-state index in [1.54, 1.807) is 19.5 Å². The van der Waals surface area contributed by atoms with Gasteiger partial charge in [-0.2, -0.15) is 0 Å². The predicted octanol–water partition coefficient (Wildman–Crippen LogP) is 2.85. The van der Waals surface area contributed by atoms with E-state index in [2.05, 4.69) is 27.0 Å². The highest BCUT2D eigenvalue weighted by Gasteiger charge is 2.26. The van der Waals surface area contributed by atoms with Crippen LogP contribution in [0.15, 0.2) is 59.7 Å². The minimum atomic E-state index is -0.124. The number of nitrogens with zero attached hydrogens (tertiary/aromatic N) is 3. The van der Waals surface area contributed by atoms with Crippen molar-refractivity contribution >= 4 is 0 Å². The zero-order chi connectivity index (χ0) is 20.8. The van der Waals surface area contributed by atoms with Gasteiger partial charge >= 0.3 is 0 Å². The fourth-order valence-corrected chi connectivity index (χ4v) is 3.72. The van der Waals surface area contributed by atoms with Crippen LogP contribution in [-0.4, -0.2) is 53.3 Å². The quantitative estimate of drug-likeness (QED) is 0.580. The van der Waals surface area contributed by atoms with Gasteiger partial charge in [0.25, 0.3) is 5.56 Å². The van der Waals surface area contributed by atoms with Crippen molar-refractivity contribution in [2.45, 2.75) is 18.9 Å². The number of rotatable bonds is 8. The summed E-state index contributed by atoms with van der Waals surface area (Å²) in [7, 11) is 1.66. The average Bonchev–Trinajstić information content (AvgIpc) is 3.24. The van der Waals surface area contributed by atoms with Crippen molar-refractivity contribution in [3.8, 4) is 17.0 Å². The van der Waals surface area contributed by atoms with E-state index >= 15 is 0 Å². The molecule has 4 rings (SSSR count). The van der Waals surface area contributed by atoms with Crippen LogP contribution in [0.1, 0.15) is 23.7 Å². The van der Waals surface area contributed by atoms with Gasteiger partial charge in [-0.1, -0.05) is 12.1 Å². The summed E-state index contributed by atoms with van der Waals surface area (Å²) in [4.78, 5) is 26.4. The molecule has 7 nitrogen and oxygen atoms in total. The van der Waals surface area contributed by atoms with Crippen LogP contribution in [0.5, 0.6) is 5.75 Å². The normalized spacial score (nSPS) is 16.6. The summed E-state index contributed by atoms with van der Waals surface area (Å²) >= 11 is 0. The summed E-state index contributed by atoms with van der Waals surface area (Å²) in [6.07, 6.45) is 4.41. The number of aromatic amines is 1. The first-order valence-electron chi connectivity index (χ1n) is 10.2. The van der Waals surface area contributed by atoms with Crippen LogP contribution < -0.4 is 10.3 Å². The van der Waals surface area contributed by atoms with E-state index in [-0.39, 0.29) is 11.5 Å². The van der Waals surface area contributed by atoms with Gasteiger partial charge in [-0.25, -0.2) is 4.98 Å². The molecule has 3 aromatic rings. The number of benzene rings is 1. The molecule has 1 aromatic carbocycles. The fraction of sp³-hybridized carbons (Fsp3) is 0.348. The summed E-state index contributed by atoms with van der Waals surface area (Å²) in [5, 5.41) is 0. The molecule has 0 unspecified atom stereocenters. The summed E-state index contributed by atoms with van der Waals surface area (Å²) in [5.74, 6) is 1.82. The van der Waals surface area contributed by atoms with Crippen molar-refractivity contribution in [3.63, 3.8) is 0 Å². The molecule has 1 aliphatic rings. The summed E-state index contributed by atoms with van der Waals surface area (Å²) in [6, 6.07) is 13.5. The second-order valence-electron chi connectivity index (χ2n) is 7.46. The molecule has 2 aromatic heterocycles. The zero-order valence-corrected chi connectivity index (χ0v) is 17.1. The number of nitrogens with one attached hydrogen (secondary N) is 1. The Morgan fingerprint density at radius 2 is 2.07 bits per heavy atom. The highest BCUT2D eigenvalue weighted by molar-refractivity contribution is 5.56. The minimum absolute atomic E-state index is 0.124. The van der Waals surface area contributed by atoms with E-state index in [1.165, 1.54) is 11.6 Å². The summed E-state index contributed by atoms with van der Waals surface area (Å²) in [5.41, 5.74) is 2.64. The predicted molar refractivity (Wildman–Crippen MR) is 115 cm³/mol. The van der Waals surface area contributed by atoms with Crippen molar-refractivity contribution in [3.05, 3.63) is 76.6 Å². The lowest BCUT2D eigenvalue weighted by molar-refractivity contribution is 0.146. The topological polar surface area (TPSA) is 80.3 Å². The summed E-state index contributed by atoms with van der Waals surface area (Å²) < 4.78 is 10.6. The molecule has 156 valence electrons. The second-order valence-corrected chi connectivity index (χ2v) is 7.46. The summed E-state index contributed by atoms with van der Waals surface area (Å²) in [6.45, 7) is 3.83. The van der Waals surface area contributed by atoms with Crippen LogP contribution >= 0.6 is 0 Å². The number of methoxy groups -OCH3 is 1. The number of pyridine rings is 1. The Hall–Kier alpha value is -3.03. The smallest absolute Gasteiger partial charge is 0.251 e. The lowest BCUT2D eigenvalue weighted by Crippen LogP contribution is -2.21. The molecule has 0 aliphatic carbocycles. The van der Waals surface area contributed by atoms with Gasteiger partial charge in [-0.15, -0.1) is 0 Å². The van der Waals surface area contributed by atoms with Crippen LogP contribution in [0, 0.1) is 0 Å². The molecule has 7 heteroatoms. The Bertz CT molecular complexity index is 1000. The van der Waals surface area contributed by atoms with E-state index in [0.717, 1.165) is 43.2 Å². The maximum Gasteiger partial charge on any atom is 0.251 e. The third-order valence-corrected chi connectivity index (χ3v) is 5.26. The molecule has 1 saturated heterocycles. The highest BCUT2D eigenvalue weighted by atomic mass is 16.5. The van der Waals surface area contributed by atoms with Gasteiger partial charge in [-0.3, -0.25) is 14.7 Å². The van der Waals surface area contributed by atoms with Gasteiger partial charge in [0.2, 0.25) is 0 Å². The van der Waals surface area contributed by atoms with Gasteiger partial charge < -0.3 is 14.5 Å². The Morgan fingerprint density at radius 3 is 2.83 bits per heavy atom. The molecule has 1 fully saturated rings. The van der Waals surface area contributed by atoms with Crippen molar-refractivity contribution < 1.29 is 9.47 Å². The second kappa shape index (κ2) is 9.65. The number of ether oxygens (including phenoxy) is 2. The van der Waals surface area contributed by atoms with Crippen molar-refractivity contribution in [1.29, 1.82) is 0 Å². The lowest BCUT2D eigenvalue weighted by Gasteiger charge is -2.16. The first-order chi connectivity index (χ1) is 14.7. The zero-order valence-electron chi connectivity index (χ0n) is 17.1. The molecule has 1 aliphatic heterocycles. The molecular weight excluding hydrogens is 380 g/mol. The van der Waals surface area contributed by atoms with Crippen LogP contribution in [-0.2, 0) is 11.3 Å². The molecule has 0 saturated carbocycles. The maximum atomic E-state index is 12.2. The number of hydrogen-bond donors (Lipinski definition) is 1. The number of hydrogen-bond acceptors (Lipinski definition) is 6. The van der Waals surface area contributed by atoms with E-state index in [1.807, 2.05) is 24.3 Å². The molecule has 1 N–H and O–H groups in total. The molecule has 0 spiro atoms. The van der Waals surface area contributed by atoms with Gasteiger partial charge in [0.1, 0.15) is 18.2 Å². The Kier molecular flexibility index (Phi) is 6.51. The monoisotopic (exact) mass is 406 g/mol. The maximum absolute atomic E-state index is 12.2. The van der Waals surface area contributed by atoms with Crippen LogP contribution in [0.2, 0.25) is 0 Å². The molecule has 0 bridgehead atoms. The molecule has 3 heterocycles. The van der Waals surface area contributed by atoms with Crippen molar-refractivity contribution in [2.75, 3.05) is 33.4 Å². The molecule has 1 atom stereocenters. The SMILES string of the molecule is COCCOc1ccc(CN2CC[C@H](c3nc(-c4cccnc4)cc(=O)[nH]3)C2)cc1. The van der Waals surface area contributed by atoms with Crippen molar-refractivity contribution in [2.24, 2.45) is 0 Å². The van der Waals surface area contributed by atoms with Gasteiger partial charge in [0.05, 0.1) is 12.3 Å². The first-order valence-corrected chi connectivity index (χ1v) is 10.2. The lowest BCUT2D eigenvalue weighted by atomic mass is 10.1. The van der Waals surface area contributed by atoms with Gasteiger partial charge in [0.15, 0.2) is 0 Å². The highest BCUT2D eigenvalue weighted by Crippen LogP contribution is 2.27. The molecule has 30 heavy (non-hydrogen) atoms. The Labute approximate surface area is 175 Å². The van der Waals surface area contributed by atoms with Crippen molar-refractivity contribution in [1.82, 2.24) is 19.9 Å². The van der Waals surface area contributed by atoms with Gasteiger partial charge in [0, 0.05) is 50.1 Å². The third kappa shape index (κ3) is 5.11. The Balaban J connectivity index is 1.39. The van der Waals surface area contributed by atoms with E-state index in [9.17, 15) is 4.79 Å².